The maximum atomic E-state index is 14.8. The van der Waals surface area contributed by atoms with Crippen LogP contribution in [0.2, 0.25) is 5.15 Å². The third-order valence-electron chi connectivity index (χ3n) is 4.12. The molecule has 31 heavy (non-hydrogen) atoms. The molecule has 1 radical (unpaired) electrons. The van der Waals surface area contributed by atoms with Crippen molar-refractivity contribution in [2.45, 2.75) is 33.5 Å². The van der Waals surface area contributed by atoms with E-state index in [1.165, 1.54) is 0 Å². The van der Waals surface area contributed by atoms with E-state index in [2.05, 4.69) is 4.98 Å². The monoisotopic (exact) mass is 602 g/mol. The Kier molecular flexibility index (Phi) is 6.47. The Labute approximate surface area is 184 Å². The van der Waals surface area contributed by atoms with Crippen LogP contribution in [0.25, 0.3) is 0 Å². The first-order valence-electron chi connectivity index (χ1n) is 7.56. The van der Waals surface area contributed by atoms with Gasteiger partial charge in [0.1, 0.15) is 5.15 Å². The summed E-state index contributed by atoms with van der Waals surface area (Å²) in [6, 6.07) is 1.99. The second-order valence-electron chi connectivity index (χ2n) is 6.18. The fourth-order valence-corrected chi connectivity index (χ4v) is 4.19. The van der Waals surface area contributed by atoms with Crippen molar-refractivity contribution < 1.29 is 52.7 Å². The van der Waals surface area contributed by atoms with Crippen LogP contribution in [0.15, 0.2) is 41.6 Å². The van der Waals surface area contributed by atoms with Crippen LogP contribution in [0.5, 0.6) is 0 Å². The summed E-state index contributed by atoms with van der Waals surface area (Å²) in [4.78, 5) is 3.48. The molecule has 0 fully saturated rings. The van der Waals surface area contributed by atoms with Gasteiger partial charge in [0.05, 0.1) is 3.42 Å². The van der Waals surface area contributed by atoms with Crippen LogP contribution in [0.3, 0.4) is 0 Å². The minimum atomic E-state index is -7.13. The number of alkyl halides is 13. The summed E-state index contributed by atoms with van der Waals surface area (Å²) in [5.74, 6) is -7.13. The second-order valence-corrected chi connectivity index (χ2v) is 8.32. The lowest BCUT2D eigenvalue weighted by Gasteiger charge is -2.40. The topological polar surface area (TPSA) is 12.9 Å². The molecular weight excluding hydrogens is 597 g/mol. The first-order chi connectivity index (χ1) is 13.7. The van der Waals surface area contributed by atoms with E-state index < -0.39 is 61.5 Å². The molecule has 1 aliphatic rings. The zero-order valence-electron chi connectivity index (χ0n) is 14.2. The van der Waals surface area contributed by atoms with Gasteiger partial charge in [-0.2, -0.15) is 48.3 Å². The average Bonchev–Trinajstić information content (AvgIpc) is 2.57. The number of aromatic nitrogens is 1. The zero-order chi connectivity index (χ0) is 24.3. The molecule has 0 saturated carbocycles. The highest BCUT2D eigenvalue weighted by molar-refractivity contribution is 14.1. The van der Waals surface area contributed by atoms with Gasteiger partial charge in [0.15, 0.2) is 0 Å². The molecule has 0 aromatic carbocycles. The normalized spacial score (nSPS) is 23.2. The van der Waals surface area contributed by atoms with Gasteiger partial charge in [-0.3, -0.25) is 0 Å². The first-order valence-corrected chi connectivity index (χ1v) is 9.02. The molecule has 0 amide bonds. The van der Waals surface area contributed by atoms with Crippen molar-refractivity contribution in [1.29, 1.82) is 0 Å². The lowest BCUT2D eigenvalue weighted by atomic mass is 9.77. The van der Waals surface area contributed by atoms with Gasteiger partial charge in [0.2, 0.25) is 0 Å². The molecule has 1 aliphatic carbocycles. The minimum Gasteiger partial charge on any atom is -0.244 e. The summed E-state index contributed by atoms with van der Waals surface area (Å²) in [5.41, 5.74) is -11.7. The molecule has 173 valence electrons. The van der Waals surface area contributed by atoms with Crippen LogP contribution in [0.1, 0.15) is 5.56 Å². The molecule has 1 heterocycles. The number of nitrogens with zero attached hydrogens (tertiary/aromatic N) is 1. The first kappa shape index (κ1) is 26.1. The fourth-order valence-electron chi connectivity index (χ4n) is 2.65. The number of rotatable bonds is 3. The summed E-state index contributed by atoms with van der Waals surface area (Å²) in [6.07, 6.45) is -19.2. The van der Waals surface area contributed by atoms with E-state index in [9.17, 15) is 52.7 Å². The van der Waals surface area contributed by atoms with Crippen molar-refractivity contribution in [2.24, 2.45) is 0 Å². The van der Waals surface area contributed by atoms with Crippen LogP contribution >= 0.6 is 34.2 Å². The standard InChI is InChI=1S/C16H6ClF12IN/c17-10-9(2-1-3-31-10)11(30)5-7(4-8(6-11)13(19,20)21)12(18,15(24,25)26)14(22,23)16(27,28)29/h1-6H. The third kappa shape index (κ3) is 4.37. The maximum Gasteiger partial charge on any atom is 0.457 e. The largest absolute Gasteiger partial charge is 0.457 e. The molecule has 15 heteroatoms. The lowest BCUT2D eigenvalue weighted by Crippen LogP contribution is -2.63. The highest BCUT2D eigenvalue weighted by Gasteiger charge is 2.82. The SMILES string of the molecule is FC(F)(F)C1=CC(C(F)(C(F)(F)F)C(F)(F)C(F)(F)F)=CC(I)(c2cccnc2Cl)[CH]1. The van der Waals surface area contributed by atoms with Crippen molar-refractivity contribution in [3.63, 3.8) is 0 Å². The van der Waals surface area contributed by atoms with E-state index >= 15 is 0 Å². The summed E-state index contributed by atoms with van der Waals surface area (Å²) < 4.78 is 158. The summed E-state index contributed by atoms with van der Waals surface area (Å²) in [6.45, 7) is 0. The molecule has 0 N–H and O–H groups in total. The van der Waals surface area contributed by atoms with Gasteiger partial charge < -0.3 is 0 Å². The smallest absolute Gasteiger partial charge is 0.244 e. The summed E-state index contributed by atoms with van der Waals surface area (Å²) in [7, 11) is 0. The molecule has 1 nitrogen and oxygen atoms in total. The zero-order valence-corrected chi connectivity index (χ0v) is 17.1. The van der Waals surface area contributed by atoms with Crippen LogP contribution in [-0.2, 0) is 3.42 Å². The van der Waals surface area contributed by atoms with E-state index in [-0.39, 0.29) is 12.5 Å². The van der Waals surface area contributed by atoms with E-state index in [0.717, 1.165) is 40.9 Å². The molecule has 2 atom stereocenters. The minimum absolute atomic E-state index is 0.126. The summed E-state index contributed by atoms with van der Waals surface area (Å²) >= 11 is 6.73. The third-order valence-corrected chi connectivity index (χ3v) is 5.62. The van der Waals surface area contributed by atoms with Crippen molar-refractivity contribution in [1.82, 2.24) is 4.98 Å². The van der Waals surface area contributed by atoms with Gasteiger partial charge in [-0.1, -0.05) is 46.3 Å². The Morgan fingerprint density at radius 2 is 1.39 bits per heavy atom. The van der Waals surface area contributed by atoms with Crippen LogP contribution in [0, 0.1) is 6.42 Å². The van der Waals surface area contributed by atoms with Gasteiger partial charge in [0.25, 0.3) is 0 Å². The molecule has 2 unspecified atom stereocenters. The highest BCUT2D eigenvalue weighted by atomic mass is 127. The van der Waals surface area contributed by atoms with Crippen molar-refractivity contribution in [2.75, 3.05) is 0 Å². The molecule has 2 rings (SSSR count). The van der Waals surface area contributed by atoms with Gasteiger partial charge in [-0.15, -0.1) is 0 Å². The fraction of sp³-hybridized carbons (Fsp3) is 0.375. The predicted octanol–water partition coefficient (Wildman–Crippen LogP) is 7.47. The molecule has 0 bridgehead atoms. The lowest BCUT2D eigenvalue weighted by molar-refractivity contribution is -0.371. The number of pyridine rings is 1. The number of halogens is 14. The van der Waals surface area contributed by atoms with E-state index in [4.69, 9.17) is 11.6 Å². The van der Waals surface area contributed by atoms with Gasteiger partial charge >= 0.3 is 30.1 Å². The number of hydrogen-bond acceptors (Lipinski definition) is 1. The number of hydrogen-bond donors (Lipinski definition) is 0. The van der Waals surface area contributed by atoms with Crippen molar-refractivity contribution in [3.05, 3.63) is 58.8 Å². The molecule has 0 saturated heterocycles. The summed E-state index contributed by atoms with van der Waals surface area (Å²) in [5, 5.41) is -0.605. The molecular formula is C16H6ClF12IN. The van der Waals surface area contributed by atoms with E-state index in [0.29, 0.717) is 0 Å². The maximum absolute atomic E-state index is 14.8. The molecule has 1 aromatic heterocycles. The van der Waals surface area contributed by atoms with E-state index in [1.807, 2.05) is 0 Å². The Balaban J connectivity index is 2.92. The quantitative estimate of drug-likeness (QED) is 0.152. The Bertz CT molecular complexity index is 916. The predicted molar refractivity (Wildman–Crippen MR) is 92.4 cm³/mol. The molecule has 0 aliphatic heterocycles. The van der Waals surface area contributed by atoms with Gasteiger partial charge in [-0.25, -0.2) is 9.37 Å². The molecule has 1 aromatic rings. The van der Waals surface area contributed by atoms with Crippen LogP contribution < -0.4 is 0 Å². The number of allylic oxidation sites excluding steroid dienone is 4. The Hall–Kier alpha value is -1.19. The Morgan fingerprint density at radius 1 is 0.839 bits per heavy atom. The van der Waals surface area contributed by atoms with Crippen LogP contribution in [0.4, 0.5) is 52.7 Å². The van der Waals surface area contributed by atoms with Crippen LogP contribution in [-0.4, -0.2) is 35.1 Å². The second kappa shape index (κ2) is 7.70. The van der Waals surface area contributed by atoms with Gasteiger partial charge in [0, 0.05) is 29.3 Å². The van der Waals surface area contributed by atoms with Gasteiger partial charge in [-0.05, 0) is 12.1 Å². The molecule has 0 spiro atoms. The average molecular weight is 603 g/mol. The highest BCUT2D eigenvalue weighted by Crippen LogP contribution is 2.59. The van der Waals surface area contributed by atoms with Crippen molar-refractivity contribution >= 4 is 34.2 Å². The Morgan fingerprint density at radius 3 is 1.81 bits per heavy atom. The van der Waals surface area contributed by atoms with Crippen molar-refractivity contribution in [3.8, 4) is 0 Å². The van der Waals surface area contributed by atoms with E-state index in [1.54, 1.807) is 0 Å².